The molecule has 0 aliphatic heterocycles. The zero-order chi connectivity index (χ0) is 6.41. The second-order valence-corrected chi connectivity index (χ2v) is 4.20. The van der Waals surface area contributed by atoms with Gasteiger partial charge in [0.2, 0.25) is 0 Å². The third kappa shape index (κ3) is 2.80. The maximum Gasteiger partial charge on any atom is 0.102 e. The summed E-state index contributed by atoms with van der Waals surface area (Å²) >= 11 is 0. The van der Waals surface area contributed by atoms with Gasteiger partial charge in [0.15, 0.2) is 0 Å². The minimum Gasteiger partial charge on any atom is -0.107 e. The van der Waals surface area contributed by atoms with Crippen LogP contribution in [0.3, 0.4) is 0 Å². The smallest absolute Gasteiger partial charge is 0.102 e. The summed E-state index contributed by atoms with van der Waals surface area (Å²) in [5.41, 5.74) is 4.09. The van der Waals surface area contributed by atoms with Crippen LogP contribution in [0.1, 0.15) is 13.3 Å². The Hall–Kier alpha value is -0.303. The van der Waals surface area contributed by atoms with Gasteiger partial charge in [0.1, 0.15) is 8.80 Å². The quantitative estimate of drug-likeness (QED) is 0.506. The van der Waals surface area contributed by atoms with Crippen molar-refractivity contribution in [2.75, 3.05) is 0 Å². The van der Waals surface area contributed by atoms with Gasteiger partial charge in [-0.2, -0.15) is 0 Å². The first kappa shape index (κ1) is 7.70. The molecular formula is C7H13Si. The van der Waals surface area contributed by atoms with Gasteiger partial charge in [0, 0.05) is 0 Å². The molecule has 0 unspecified atom stereocenters. The Labute approximate surface area is 53.5 Å². The zero-order valence-corrected chi connectivity index (χ0v) is 6.48. The normalized spacial score (nSPS) is 9.25. The first-order chi connectivity index (χ1) is 3.85. The Bertz CT molecular complexity index is 68.5. The highest BCUT2D eigenvalue weighted by Gasteiger charge is 1.96. The van der Waals surface area contributed by atoms with Gasteiger partial charge in [-0.3, -0.25) is 0 Å². The van der Waals surface area contributed by atoms with E-state index in [4.69, 9.17) is 0 Å². The van der Waals surface area contributed by atoms with E-state index in [1.54, 1.807) is 0 Å². The summed E-state index contributed by atoms with van der Waals surface area (Å²) in [5.74, 6) is 0. The van der Waals surface area contributed by atoms with Crippen LogP contribution in [0.4, 0.5) is 0 Å². The lowest BCUT2D eigenvalue weighted by Crippen LogP contribution is -2.02. The van der Waals surface area contributed by atoms with E-state index in [1.165, 1.54) is 12.5 Å². The van der Waals surface area contributed by atoms with E-state index in [0.29, 0.717) is 0 Å². The number of rotatable bonds is 4. The molecule has 0 aliphatic carbocycles. The largest absolute Gasteiger partial charge is 0.107 e. The van der Waals surface area contributed by atoms with Crippen molar-refractivity contribution in [1.29, 1.82) is 0 Å². The average Bonchev–Trinajstić information content (AvgIpc) is 1.83. The molecule has 0 amide bonds. The van der Waals surface area contributed by atoms with Crippen molar-refractivity contribution in [3.8, 4) is 0 Å². The highest BCUT2D eigenvalue weighted by molar-refractivity contribution is 6.69. The van der Waals surface area contributed by atoms with Crippen molar-refractivity contribution in [3.63, 3.8) is 0 Å². The minimum absolute atomic E-state index is 0.346. The van der Waals surface area contributed by atoms with Gasteiger partial charge in [-0.25, -0.2) is 0 Å². The lowest BCUT2D eigenvalue weighted by molar-refractivity contribution is 1.07. The van der Waals surface area contributed by atoms with Crippen LogP contribution in [0.25, 0.3) is 0 Å². The van der Waals surface area contributed by atoms with Crippen molar-refractivity contribution in [1.82, 2.24) is 0 Å². The van der Waals surface area contributed by atoms with Crippen LogP contribution in [0, 0.1) is 0 Å². The fourth-order valence-corrected chi connectivity index (χ4v) is 1.73. The van der Waals surface area contributed by atoms with E-state index in [0.717, 1.165) is 0 Å². The molecule has 0 fully saturated rings. The molecule has 1 radical (unpaired) electrons. The van der Waals surface area contributed by atoms with Crippen molar-refractivity contribution in [3.05, 3.63) is 24.6 Å². The molecule has 0 aromatic carbocycles. The van der Waals surface area contributed by atoms with Crippen molar-refractivity contribution in [2.24, 2.45) is 0 Å². The molecule has 0 heterocycles. The molecule has 0 saturated carbocycles. The van der Waals surface area contributed by atoms with Gasteiger partial charge >= 0.3 is 0 Å². The molecule has 0 aromatic rings. The zero-order valence-electron chi connectivity index (χ0n) is 5.48. The van der Waals surface area contributed by atoms with E-state index in [-0.39, 0.29) is 8.80 Å². The topological polar surface area (TPSA) is 0 Å². The molecule has 0 bridgehead atoms. The van der Waals surface area contributed by atoms with E-state index < -0.39 is 0 Å². The molecule has 8 heavy (non-hydrogen) atoms. The maximum absolute atomic E-state index is 3.72. The molecule has 0 aromatic heterocycles. The van der Waals surface area contributed by atoms with E-state index in [1.807, 2.05) is 11.4 Å². The summed E-state index contributed by atoms with van der Waals surface area (Å²) in [6.07, 6.45) is 1.26. The fourth-order valence-electron chi connectivity index (χ4n) is 0.576. The lowest BCUT2D eigenvalue weighted by atomic mass is 10.6. The molecule has 0 rings (SSSR count). The second kappa shape index (κ2) is 4.85. The van der Waals surface area contributed by atoms with Gasteiger partial charge < -0.3 is 0 Å². The molecular weight excluding hydrogens is 112 g/mol. The highest BCUT2D eigenvalue weighted by atomic mass is 28.3. The van der Waals surface area contributed by atoms with Crippen molar-refractivity contribution >= 4 is 8.80 Å². The predicted molar refractivity (Wildman–Crippen MR) is 41.2 cm³/mol. The minimum atomic E-state index is -0.346. The van der Waals surface area contributed by atoms with Crippen LogP contribution in [-0.4, -0.2) is 8.80 Å². The van der Waals surface area contributed by atoms with E-state index in [9.17, 15) is 0 Å². The summed E-state index contributed by atoms with van der Waals surface area (Å²) < 4.78 is 0. The van der Waals surface area contributed by atoms with Gasteiger partial charge in [-0.05, 0) is 0 Å². The van der Waals surface area contributed by atoms with Crippen LogP contribution < -0.4 is 0 Å². The molecule has 0 atom stereocenters. The molecule has 0 N–H and O–H groups in total. The Kier molecular flexibility index (Phi) is 4.66. The Morgan fingerprint density at radius 1 is 1.38 bits per heavy atom. The Balaban J connectivity index is 3.35. The molecule has 0 spiro atoms. The Morgan fingerprint density at radius 2 is 1.88 bits per heavy atom. The SMILES string of the molecule is C=C[Si](C=C)CCC. The monoisotopic (exact) mass is 125 g/mol. The van der Waals surface area contributed by atoms with Gasteiger partial charge in [0.05, 0.1) is 0 Å². The van der Waals surface area contributed by atoms with Gasteiger partial charge in [0.25, 0.3) is 0 Å². The fraction of sp³-hybridized carbons (Fsp3) is 0.429. The van der Waals surface area contributed by atoms with Crippen molar-refractivity contribution in [2.45, 2.75) is 19.4 Å². The van der Waals surface area contributed by atoms with Gasteiger partial charge in [-0.1, -0.05) is 30.8 Å². The summed E-state index contributed by atoms with van der Waals surface area (Å²) in [4.78, 5) is 0. The first-order valence-electron chi connectivity index (χ1n) is 2.95. The van der Waals surface area contributed by atoms with Crippen LogP contribution in [0.2, 0.25) is 6.04 Å². The van der Waals surface area contributed by atoms with Crippen LogP contribution in [-0.2, 0) is 0 Å². The standard InChI is InChI=1S/C7H13Si/c1-4-7-8(5-2)6-3/h5-6H,2-4,7H2,1H3. The van der Waals surface area contributed by atoms with E-state index >= 15 is 0 Å². The van der Waals surface area contributed by atoms with Crippen LogP contribution in [0.15, 0.2) is 24.6 Å². The predicted octanol–water partition coefficient (Wildman–Crippen LogP) is 2.34. The Morgan fingerprint density at radius 3 is 2.00 bits per heavy atom. The number of hydrogen-bond acceptors (Lipinski definition) is 0. The third-order valence-electron chi connectivity index (χ3n) is 1.06. The first-order valence-corrected chi connectivity index (χ1v) is 4.82. The summed E-state index contributed by atoms with van der Waals surface area (Å²) in [5, 5.41) is 0. The molecule has 0 saturated heterocycles. The average molecular weight is 125 g/mol. The highest BCUT2D eigenvalue weighted by Crippen LogP contribution is 1.97. The van der Waals surface area contributed by atoms with Crippen LogP contribution >= 0.6 is 0 Å². The van der Waals surface area contributed by atoms with Crippen molar-refractivity contribution < 1.29 is 0 Å². The molecule has 0 nitrogen and oxygen atoms in total. The lowest BCUT2D eigenvalue weighted by Gasteiger charge is -1.97. The summed E-state index contributed by atoms with van der Waals surface area (Å²) in [6, 6.07) is 1.29. The molecule has 1 heteroatoms. The molecule has 45 valence electrons. The van der Waals surface area contributed by atoms with Crippen LogP contribution in [0.5, 0.6) is 0 Å². The maximum atomic E-state index is 3.72. The third-order valence-corrected chi connectivity index (χ3v) is 3.19. The summed E-state index contributed by atoms with van der Waals surface area (Å²) in [6.45, 7) is 9.64. The molecule has 0 aliphatic rings. The number of hydrogen-bond donors (Lipinski definition) is 0. The summed E-state index contributed by atoms with van der Waals surface area (Å²) in [7, 11) is -0.346. The van der Waals surface area contributed by atoms with Gasteiger partial charge in [-0.15, -0.1) is 13.2 Å². The van der Waals surface area contributed by atoms with E-state index in [2.05, 4.69) is 20.1 Å². The second-order valence-electron chi connectivity index (χ2n) is 1.73.